The summed E-state index contributed by atoms with van der Waals surface area (Å²) in [6.07, 6.45) is 0. The zero-order valence-electron chi connectivity index (χ0n) is 14.5. The van der Waals surface area contributed by atoms with E-state index < -0.39 is 4.92 Å². The molecule has 8 heteroatoms. The molecule has 1 fully saturated rings. The molecular weight excluding hydrogens is 354 g/mol. The Bertz CT molecular complexity index is 802. The average molecular weight is 374 g/mol. The third kappa shape index (κ3) is 4.36. The van der Waals surface area contributed by atoms with Crippen LogP contribution >= 0.6 is 11.6 Å². The zero-order chi connectivity index (χ0) is 18.5. The molecule has 1 saturated heterocycles. The van der Waals surface area contributed by atoms with Gasteiger partial charge >= 0.3 is 0 Å². The van der Waals surface area contributed by atoms with E-state index in [2.05, 4.69) is 27.0 Å². The highest BCUT2D eigenvalue weighted by atomic mass is 35.5. The highest BCUT2D eigenvalue weighted by Crippen LogP contribution is 2.31. The van der Waals surface area contributed by atoms with Crippen molar-refractivity contribution in [3.8, 4) is 0 Å². The zero-order valence-corrected chi connectivity index (χ0v) is 15.3. The Balaban J connectivity index is 1.68. The average Bonchev–Trinajstić information content (AvgIpc) is 2.67. The number of non-ortho nitro benzene ring substituents is 1. The van der Waals surface area contributed by atoms with Gasteiger partial charge in [-0.2, -0.15) is 5.11 Å². The maximum Gasteiger partial charge on any atom is 0.269 e. The molecule has 0 amide bonds. The van der Waals surface area contributed by atoms with Gasteiger partial charge in [0.2, 0.25) is 0 Å². The van der Waals surface area contributed by atoms with Gasteiger partial charge in [-0.1, -0.05) is 18.5 Å². The lowest BCUT2D eigenvalue weighted by Crippen LogP contribution is -2.46. The van der Waals surface area contributed by atoms with Gasteiger partial charge in [-0.15, -0.1) is 5.11 Å². The van der Waals surface area contributed by atoms with Crippen LogP contribution < -0.4 is 4.90 Å². The van der Waals surface area contributed by atoms with E-state index in [1.165, 1.54) is 12.1 Å². The van der Waals surface area contributed by atoms with E-state index in [4.69, 9.17) is 11.6 Å². The van der Waals surface area contributed by atoms with Gasteiger partial charge in [0.05, 0.1) is 15.6 Å². The van der Waals surface area contributed by atoms with Crippen LogP contribution in [0.25, 0.3) is 0 Å². The lowest BCUT2D eigenvalue weighted by atomic mass is 10.2. The van der Waals surface area contributed by atoms with Gasteiger partial charge < -0.3 is 9.80 Å². The normalized spacial score (nSPS) is 15.5. The largest absolute Gasteiger partial charge is 0.369 e. The van der Waals surface area contributed by atoms with Crippen LogP contribution in [0.1, 0.15) is 6.92 Å². The summed E-state index contributed by atoms with van der Waals surface area (Å²) in [6.45, 7) is 7.32. The molecule has 0 radical (unpaired) electrons. The SMILES string of the molecule is CCN1CCN(c2ccc(N=Nc3ccc([N+](=O)[O-])cc3)c(Cl)c2)CC1. The lowest BCUT2D eigenvalue weighted by molar-refractivity contribution is -0.384. The van der Waals surface area contributed by atoms with Crippen molar-refractivity contribution >= 4 is 34.4 Å². The van der Waals surface area contributed by atoms with Crippen LogP contribution in [0.15, 0.2) is 52.7 Å². The van der Waals surface area contributed by atoms with Crippen LogP contribution in [0.2, 0.25) is 5.02 Å². The molecule has 0 saturated carbocycles. The summed E-state index contributed by atoms with van der Waals surface area (Å²) < 4.78 is 0. The van der Waals surface area contributed by atoms with Crippen molar-refractivity contribution in [3.63, 3.8) is 0 Å². The van der Waals surface area contributed by atoms with Gasteiger partial charge in [0.15, 0.2) is 0 Å². The van der Waals surface area contributed by atoms with Crippen molar-refractivity contribution in [1.82, 2.24) is 4.90 Å². The highest BCUT2D eigenvalue weighted by Gasteiger charge is 2.16. The van der Waals surface area contributed by atoms with Crippen LogP contribution in [0.4, 0.5) is 22.7 Å². The number of likely N-dealkylation sites (N-methyl/N-ethyl adjacent to an activating group) is 1. The molecule has 0 bridgehead atoms. The second kappa shape index (κ2) is 8.25. The molecule has 2 aromatic carbocycles. The summed E-state index contributed by atoms with van der Waals surface area (Å²) in [7, 11) is 0. The van der Waals surface area contributed by atoms with Crippen molar-refractivity contribution < 1.29 is 4.92 Å². The van der Waals surface area contributed by atoms with Gasteiger partial charge in [-0.3, -0.25) is 10.1 Å². The fraction of sp³-hybridized carbons (Fsp3) is 0.333. The Labute approximate surface area is 157 Å². The monoisotopic (exact) mass is 373 g/mol. The smallest absolute Gasteiger partial charge is 0.269 e. The van der Waals surface area contributed by atoms with E-state index in [0.29, 0.717) is 16.4 Å². The first-order chi connectivity index (χ1) is 12.6. The summed E-state index contributed by atoms with van der Waals surface area (Å²) in [4.78, 5) is 14.9. The molecule has 0 aliphatic carbocycles. The summed E-state index contributed by atoms with van der Waals surface area (Å²) in [5.41, 5.74) is 2.21. The maximum absolute atomic E-state index is 10.7. The van der Waals surface area contributed by atoms with Gasteiger partial charge in [0.1, 0.15) is 5.69 Å². The fourth-order valence-corrected chi connectivity index (χ4v) is 3.06. The van der Waals surface area contributed by atoms with Crippen molar-refractivity contribution in [2.45, 2.75) is 6.92 Å². The minimum absolute atomic E-state index is 0.0227. The molecule has 26 heavy (non-hydrogen) atoms. The Hall–Kier alpha value is -2.51. The van der Waals surface area contributed by atoms with Gasteiger partial charge in [0.25, 0.3) is 5.69 Å². The van der Waals surface area contributed by atoms with Crippen molar-refractivity contribution in [2.75, 3.05) is 37.6 Å². The highest BCUT2D eigenvalue weighted by molar-refractivity contribution is 6.33. The van der Waals surface area contributed by atoms with Gasteiger partial charge in [-0.05, 0) is 36.9 Å². The van der Waals surface area contributed by atoms with Crippen LogP contribution in [-0.2, 0) is 0 Å². The second-order valence-corrected chi connectivity index (χ2v) is 6.44. The fourth-order valence-electron chi connectivity index (χ4n) is 2.85. The predicted octanol–water partition coefficient (Wildman–Crippen LogP) is 4.81. The number of halogens is 1. The first-order valence-electron chi connectivity index (χ1n) is 8.50. The first kappa shape index (κ1) is 18.3. The standard InChI is InChI=1S/C18H20ClN5O2/c1-2-22-9-11-23(12-10-22)16-7-8-18(17(19)13-16)21-20-14-3-5-15(6-4-14)24(25)26/h3-8,13H,2,9-12H2,1H3. The predicted molar refractivity (Wildman–Crippen MR) is 103 cm³/mol. The Morgan fingerprint density at radius 1 is 1.08 bits per heavy atom. The van der Waals surface area contributed by atoms with E-state index in [0.717, 1.165) is 38.4 Å². The number of azo groups is 1. The number of benzene rings is 2. The second-order valence-electron chi connectivity index (χ2n) is 6.03. The van der Waals surface area contributed by atoms with Crippen molar-refractivity contribution in [1.29, 1.82) is 0 Å². The molecule has 1 heterocycles. The molecule has 2 aromatic rings. The third-order valence-electron chi connectivity index (χ3n) is 4.45. The Morgan fingerprint density at radius 3 is 2.35 bits per heavy atom. The molecular formula is C18H20ClN5O2. The van der Waals surface area contributed by atoms with Crippen LogP contribution in [0.5, 0.6) is 0 Å². The van der Waals surface area contributed by atoms with E-state index in [-0.39, 0.29) is 5.69 Å². The van der Waals surface area contributed by atoms with E-state index >= 15 is 0 Å². The van der Waals surface area contributed by atoms with Crippen LogP contribution in [0, 0.1) is 10.1 Å². The minimum Gasteiger partial charge on any atom is -0.369 e. The number of anilines is 1. The van der Waals surface area contributed by atoms with E-state index in [9.17, 15) is 10.1 Å². The third-order valence-corrected chi connectivity index (χ3v) is 4.75. The molecule has 136 valence electrons. The summed E-state index contributed by atoms with van der Waals surface area (Å²) >= 11 is 6.36. The molecule has 0 unspecified atom stereocenters. The minimum atomic E-state index is -0.448. The first-order valence-corrected chi connectivity index (χ1v) is 8.87. The van der Waals surface area contributed by atoms with Crippen molar-refractivity contribution in [3.05, 3.63) is 57.6 Å². The number of nitro groups is 1. The number of nitrogens with zero attached hydrogens (tertiary/aromatic N) is 5. The number of hydrogen-bond donors (Lipinski definition) is 0. The number of nitro benzene ring substituents is 1. The molecule has 0 N–H and O–H groups in total. The van der Waals surface area contributed by atoms with E-state index in [1.54, 1.807) is 12.1 Å². The molecule has 7 nitrogen and oxygen atoms in total. The van der Waals surface area contributed by atoms with Crippen molar-refractivity contribution in [2.24, 2.45) is 10.2 Å². The molecule has 3 rings (SSSR count). The number of piperazine rings is 1. The van der Waals surface area contributed by atoms with Crippen LogP contribution in [0.3, 0.4) is 0 Å². The summed E-state index contributed by atoms with van der Waals surface area (Å²) in [5.74, 6) is 0. The van der Waals surface area contributed by atoms with Crippen LogP contribution in [-0.4, -0.2) is 42.5 Å². The lowest BCUT2D eigenvalue weighted by Gasteiger charge is -2.35. The topological polar surface area (TPSA) is 74.3 Å². The maximum atomic E-state index is 10.7. The molecule has 0 atom stereocenters. The summed E-state index contributed by atoms with van der Waals surface area (Å²) in [6, 6.07) is 11.7. The number of hydrogen-bond acceptors (Lipinski definition) is 6. The molecule has 0 aromatic heterocycles. The summed E-state index contributed by atoms with van der Waals surface area (Å²) in [5, 5.41) is 19.5. The quantitative estimate of drug-likeness (QED) is 0.428. The molecule has 0 spiro atoms. The Morgan fingerprint density at radius 2 is 1.77 bits per heavy atom. The van der Waals surface area contributed by atoms with Gasteiger partial charge in [0, 0.05) is 44.0 Å². The van der Waals surface area contributed by atoms with E-state index in [1.807, 2.05) is 18.2 Å². The molecule has 1 aliphatic rings. The number of rotatable bonds is 5. The van der Waals surface area contributed by atoms with Gasteiger partial charge in [-0.25, -0.2) is 0 Å². The Kier molecular flexibility index (Phi) is 5.80. The molecule has 1 aliphatic heterocycles.